The van der Waals surface area contributed by atoms with E-state index in [1.807, 2.05) is 6.07 Å². The van der Waals surface area contributed by atoms with Gasteiger partial charge in [-0.1, -0.05) is 346 Å². The van der Waals surface area contributed by atoms with E-state index < -0.39 is 0 Å². The molecule has 0 spiro atoms. The SMILES string of the molecule is Brc1ccc(-c2ccc(-c3ccc4c(c3)c3ccccc3n4-c3ccccc3)cc2)cc1.C.C.c1ccc(-c2ccc(N(c3ccc(-c4ccc(-c5ccc6c(c5)c5ccccc5n6-c5ccccc5)cc4)cc3)c3cccc4ccccc34)cc2)cc1.c1ccc(-c2ccc(Nc3cccc4ccccc34)cc2)cc1. The second-order valence-electron chi connectivity index (χ2n) is 27.4. The van der Waals surface area contributed by atoms with Crippen LogP contribution in [0.2, 0.25) is 0 Å². The molecule has 0 atom stereocenters. The molecule has 0 saturated carbocycles. The van der Waals surface area contributed by atoms with Gasteiger partial charge < -0.3 is 19.4 Å². The molecule has 0 bridgehead atoms. The van der Waals surface area contributed by atoms with Crippen molar-refractivity contribution in [2.45, 2.75) is 14.9 Å². The van der Waals surface area contributed by atoms with Crippen LogP contribution in [0.25, 0.3) is 143 Å². The zero-order chi connectivity index (χ0) is 72.8. The number of rotatable bonds is 13. The van der Waals surface area contributed by atoms with Crippen molar-refractivity contribution in [1.82, 2.24) is 9.13 Å². The predicted molar refractivity (Wildman–Crippen MR) is 481 cm³/mol. The molecule has 2 heterocycles. The van der Waals surface area contributed by atoms with E-state index in [-0.39, 0.29) is 14.9 Å². The molecule has 0 amide bonds. The highest BCUT2D eigenvalue weighted by molar-refractivity contribution is 9.10. The summed E-state index contributed by atoms with van der Waals surface area (Å²) in [6.07, 6.45) is 0. The van der Waals surface area contributed by atoms with Crippen LogP contribution in [0, 0.1) is 0 Å². The fourth-order valence-electron chi connectivity index (χ4n) is 15.3. The molecule has 0 fully saturated rings. The van der Waals surface area contributed by atoms with Crippen LogP contribution in [0.1, 0.15) is 14.9 Å². The zero-order valence-electron chi connectivity index (χ0n) is 59.8. The molecule has 1 N–H and O–H groups in total. The monoisotopic (exact) mass is 1490 g/mol. The molecule has 18 aromatic carbocycles. The first-order valence-corrected chi connectivity index (χ1v) is 37.8. The minimum atomic E-state index is 0. The molecule has 4 nitrogen and oxygen atoms in total. The van der Waals surface area contributed by atoms with E-state index in [1.165, 1.54) is 143 Å². The lowest BCUT2D eigenvalue weighted by molar-refractivity contribution is 1.18. The number of anilines is 5. The minimum absolute atomic E-state index is 0. The van der Waals surface area contributed by atoms with Gasteiger partial charge in [-0.15, -0.1) is 0 Å². The van der Waals surface area contributed by atoms with Crippen molar-refractivity contribution < 1.29 is 0 Å². The lowest BCUT2D eigenvalue weighted by Gasteiger charge is -2.27. The Labute approximate surface area is 658 Å². The van der Waals surface area contributed by atoms with Gasteiger partial charge in [-0.05, 0) is 199 Å². The van der Waals surface area contributed by atoms with Crippen LogP contribution in [0.4, 0.5) is 28.4 Å². The highest BCUT2D eigenvalue weighted by Gasteiger charge is 2.19. The molecule has 111 heavy (non-hydrogen) atoms. The summed E-state index contributed by atoms with van der Waals surface area (Å²) >= 11 is 3.51. The van der Waals surface area contributed by atoms with E-state index in [0.29, 0.717) is 0 Å². The third-order valence-corrected chi connectivity index (χ3v) is 21.3. The van der Waals surface area contributed by atoms with Crippen molar-refractivity contribution in [3.05, 3.63) is 441 Å². The predicted octanol–water partition coefficient (Wildman–Crippen LogP) is 30.8. The fraction of sp³-hybridized carbons (Fsp3) is 0.0189. The maximum atomic E-state index is 3.53. The number of benzene rings is 18. The van der Waals surface area contributed by atoms with Crippen LogP contribution in [-0.4, -0.2) is 9.13 Å². The molecule has 532 valence electrons. The molecular weight excluding hydrogens is 1410 g/mol. The van der Waals surface area contributed by atoms with Gasteiger partial charge in [0.25, 0.3) is 0 Å². The van der Waals surface area contributed by atoms with Crippen LogP contribution in [-0.2, 0) is 0 Å². The number of aromatic nitrogens is 2. The van der Waals surface area contributed by atoms with E-state index >= 15 is 0 Å². The van der Waals surface area contributed by atoms with E-state index in [2.05, 4.69) is 466 Å². The van der Waals surface area contributed by atoms with Crippen LogP contribution in [0.15, 0.2) is 441 Å². The van der Waals surface area contributed by atoms with E-state index in [9.17, 15) is 0 Å². The van der Waals surface area contributed by atoms with E-state index in [0.717, 1.165) is 32.9 Å². The van der Waals surface area contributed by atoms with Crippen molar-refractivity contribution in [3.8, 4) is 78.1 Å². The van der Waals surface area contributed by atoms with Gasteiger partial charge in [0.05, 0.1) is 27.8 Å². The number of para-hydroxylation sites is 4. The molecule has 0 aliphatic rings. The lowest BCUT2D eigenvalue weighted by Crippen LogP contribution is -2.10. The third-order valence-electron chi connectivity index (χ3n) is 20.7. The summed E-state index contributed by atoms with van der Waals surface area (Å²) in [5, 5.41) is 13.5. The highest BCUT2D eigenvalue weighted by atomic mass is 79.9. The summed E-state index contributed by atoms with van der Waals surface area (Å²) in [6, 6.07) is 156. The van der Waals surface area contributed by atoms with E-state index in [4.69, 9.17) is 0 Å². The summed E-state index contributed by atoms with van der Waals surface area (Å²) in [5.41, 5.74) is 27.5. The maximum Gasteiger partial charge on any atom is 0.0541 e. The summed E-state index contributed by atoms with van der Waals surface area (Å²) in [7, 11) is 0. The van der Waals surface area contributed by atoms with Crippen LogP contribution >= 0.6 is 15.9 Å². The summed E-state index contributed by atoms with van der Waals surface area (Å²) < 4.78 is 5.81. The maximum absolute atomic E-state index is 3.53. The smallest absolute Gasteiger partial charge is 0.0541 e. The van der Waals surface area contributed by atoms with Gasteiger partial charge in [0.15, 0.2) is 0 Å². The van der Waals surface area contributed by atoms with E-state index in [1.54, 1.807) is 0 Å². The first kappa shape index (κ1) is 71.4. The molecular formula is C106H81BrN4. The molecule has 20 rings (SSSR count). The topological polar surface area (TPSA) is 25.1 Å². The molecule has 2 aromatic heterocycles. The zero-order valence-corrected chi connectivity index (χ0v) is 61.4. The van der Waals surface area contributed by atoms with Gasteiger partial charge in [0.1, 0.15) is 0 Å². The van der Waals surface area contributed by atoms with Gasteiger partial charge in [0, 0.05) is 70.9 Å². The molecule has 5 heteroatoms. The Hall–Kier alpha value is -13.8. The largest absolute Gasteiger partial charge is 0.355 e. The first-order chi connectivity index (χ1) is 54.0. The number of nitrogens with one attached hydrogen (secondary N) is 1. The number of fused-ring (bicyclic) bond motifs is 8. The van der Waals surface area contributed by atoms with Crippen LogP contribution in [0.3, 0.4) is 0 Å². The van der Waals surface area contributed by atoms with Crippen molar-refractivity contribution in [1.29, 1.82) is 0 Å². The van der Waals surface area contributed by atoms with Gasteiger partial charge in [0.2, 0.25) is 0 Å². The normalized spacial score (nSPS) is 11.0. The Bertz CT molecular complexity index is 6550. The van der Waals surface area contributed by atoms with Gasteiger partial charge in [-0.25, -0.2) is 0 Å². The molecule has 0 radical (unpaired) electrons. The summed E-state index contributed by atoms with van der Waals surface area (Å²) in [4.78, 5) is 2.37. The molecule has 20 aromatic rings. The Morgan fingerprint density at radius 2 is 0.514 bits per heavy atom. The Morgan fingerprint density at radius 3 is 0.955 bits per heavy atom. The lowest BCUT2D eigenvalue weighted by atomic mass is 9.98. The number of hydrogen-bond donors (Lipinski definition) is 1. The third kappa shape index (κ3) is 14.8. The number of nitrogens with zero attached hydrogens (tertiary/aromatic N) is 3. The summed E-state index contributed by atoms with van der Waals surface area (Å²) in [6.45, 7) is 0. The number of hydrogen-bond acceptors (Lipinski definition) is 2. The Kier molecular flexibility index (Phi) is 20.8. The Morgan fingerprint density at radius 1 is 0.216 bits per heavy atom. The van der Waals surface area contributed by atoms with Crippen molar-refractivity contribution in [2.75, 3.05) is 10.2 Å². The molecule has 0 unspecified atom stereocenters. The van der Waals surface area contributed by atoms with Crippen LogP contribution in [0.5, 0.6) is 0 Å². The highest BCUT2D eigenvalue weighted by Crippen LogP contribution is 2.43. The molecule has 0 saturated heterocycles. The number of halogens is 1. The summed E-state index contributed by atoms with van der Waals surface area (Å²) in [5.74, 6) is 0. The molecule has 0 aliphatic heterocycles. The van der Waals surface area contributed by atoms with Gasteiger partial charge in [-0.3, -0.25) is 0 Å². The van der Waals surface area contributed by atoms with Gasteiger partial charge >= 0.3 is 0 Å². The quantitative estimate of drug-likeness (QED) is 0.124. The fourth-order valence-corrected chi connectivity index (χ4v) is 15.6. The standard InChI is InChI=1S/C52H36N2.C30H20BrN.C22H17N.2CH4/c1-3-12-37(13-4-1)39-26-31-45(32-27-39)53(50-21-11-15-42-14-7-8-18-47(42)50)46-33-28-40(29-34-46)38-22-24-41(25-23-38)43-30-35-52-49(36-43)48-19-9-10-20-51(48)54(52)44-16-5-2-6-17-44;31-25-17-14-22(15-18-25)21-10-12-23(13-11-21)24-16-19-30-28(20-24)27-8-4-5-9-29(27)32(30)26-6-2-1-3-7-26;1-2-7-17(8-3-1)18-13-15-20(16-14-18)23-22-12-6-10-19-9-4-5-11-21(19)22;;/h1-36H;1-20H;1-16,23H;2*1H4. The average molecular weight is 1490 g/mol. The van der Waals surface area contributed by atoms with Gasteiger partial charge in [-0.2, -0.15) is 0 Å². The molecule has 0 aliphatic carbocycles. The van der Waals surface area contributed by atoms with Crippen molar-refractivity contribution in [2.24, 2.45) is 0 Å². The first-order valence-electron chi connectivity index (χ1n) is 37.0. The second kappa shape index (κ2) is 32.3. The van der Waals surface area contributed by atoms with Crippen molar-refractivity contribution in [3.63, 3.8) is 0 Å². The second-order valence-corrected chi connectivity index (χ2v) is 28.3. The Balaban J connectivity index is 0.000000139. The minimum Gasteiger partial charge on any atom is -0.355 e. The van der Waals surface area contributed by atoms with Crippen molar-refractivity contribution >= 4 is 110 Å². The van der Waals surface area contributed by atoms with Crippen LogP contribution < -0.4 is 10.2 Å². The average Bonchev–Trinajstić information content (AvgIpc) is 1.62.